The van der Waals surface area contributed by atoms with Crippen molar-refractivity contribution in [2.45, 2.75) is 39.3 Å². The predicted molar refractivity (Wildman–Crippen MR) is 120 cm³/mol. The van der Waals surface area contributed by atoms with Crippen molar-refractivity contribution in [3.63, 3.8) is 0 Å². The topological polar surface area (TPSA) is 40.4 Å². The van der Waals surface area contributed by atoms with Crippen LogP contribution < -0.4 is 0 Å². The molecular weight excluding hydrogens is 360 g/mol. The highest BCUT2D eigenvalue weighted by molar-refractivity contribution is 5.55. The molecule has 1 fully saturated rings. The standard InChI is InChI=1S/C23H38N6/c1-18(2)11-12-29-23(21-16-27(5)13-14-28(6)17-21)24-22(25-29)20-9-7-19(8-10-20)15-26(3)4/h7-10,18,21H,11-17H2,1-6H3. The first-order chi connectivity index (χ1) is 13.8. The number of hydrogen-bond acceptors (Lipinski definition) is 5. The highest BCUT2D eigenvalue weighted by atomic mass is 15.4. The minimum atomic E-state index is 0.383. The Morgan fingerprint density at radius 2 is 1.66 bits per heavy atom. The van der Waals surface area contributed by atoms with E-state index in [0.29, 0.717) is 11.8 Å². The van der Waals surface area contributed by atoms with E-state index < -0.39 is 0 Å². The Bertz CT molecular complexity index is 752. The summed E-state index contributed by atoms with van der Waals surface area (Å²) in [5.74, 6) is 3.03. The fourth-order valence-electron chi connectivity index (χ4n) is 3.95. The van der Waals surface area contributed by atoms with E-state index in [9.17, 15) is 0 Å². The van der Waals surface area contributed by atoms with Crippen LogP contribution in [0.4, 0.5) is 0 Å². The largest absolute Gasteiger partial charge is 0.305 e. The molecule has 1 aliphatic rings. The van der Waals surface area contributed by atoms with Crippen LogP contribution in [0.3, 0.4) is 0 Å². The summed E-state index contributed by atoms with van der Waals surface area (Å²) in [4.78, 5) is 12.1. The third-order valence-corrected chi connectivity index (χ3v) is 5.62. The molecule has 160 valence electrons. The normalized spacial score (nSPS) is 17.4. The number of aromatic nitrogens is 3. The third kappa shape index (κ3) is 6.11. The maximum Gasteiger partial charge on any atom is 0.181 e. The molecule has 0 unspecified atom stereocenters. The lowest BCUT2D eigenvalue weighted by molar-refractivity contribution is 0.320. The SMILES string of the molecule is CC(C)CCn1nc(-c2ccc(CN(C)C)cc2)nc1C1CN(C)CCN(C)C1. The first kappa shape index (κ1) is 21.9. The van der Waals surface area contributed by atoms with Gasteiger partial charge < -0.3 is 14.7 Å². The smallest absolute Gasteiger partial charge is 0.181 e. The molecule has 2 aromatic rings. The minimum Gasteiger partial charge on any atom is -0.305 e. The predicted octanol–water partition coefficient (Wildman–Crippen LogP) is 3.01. The van der Waals surface area contributed by atoms with Crippen molar-refractivity contribution in [1.29, 1.82) is 0 Å². The summed E-state index contributed by atoms with van der Waals surface area (Å²) in [5.41, 5.74) is 2.41. The van der Waals surface area contributed by atoms with Crippen LogP contribution in [0.5, 0.6) is 0 Å². The fraction of sp³-hybridized carbons (Fsp3) is 0.652. The number of nitrogens with zero attached hydrogens (tertiary/aromatic N) is 6. The molecule has 2 heterocycles. The van der Waals surface area contributed by atoms with Crippen LogP contribution in [0.1, 0.15) is 37.6 Å². The van der Waals surface area contributed by atoms with Gasteiger partial charge in [0.05, 0.1) is 0 Å². The third-order valence-electron chi connectivity index (χ3n) is 5.62. The van der Waals surface area contributed by atoms with E-state index >= 15 is 0 Å². The summed E-state index contributed by atoms with van der Waals surface area (Å²) in [6.07, 6.45) is 1.12. The van der Waals surface area contributed by atoms with E-state index in [0.717, 1.165) is 62.9 Å². The maximum atomic E-state index is 5.07. The van der Waals surface area contributed by atoms with Crippen LogP contribution in [0.25, 0.3) is 11.4 Å². The number of rotatable bonds is 7. The van der Waals surface area contributed by atoms with Gasteiger partial charge in [0, 0.05) is 50.7 Å². The van der Waals surface area contributed by atoms with Crippen molar-refractivity contribution in [2.24, 2.45) is 5.92 Å². The molecule has 6 nitrogen and oxygen atoms in total. The van der Waals surface area contributed by atoms with Gasteiger partial charge in [-0.2, -0.15) is 5.10 Å². The number of aryl methyl sites for hydroxylation is 1. The quantitative estimate of drug-likeness (QED) is 0.717. The van der Waals surface area contributed by atoms with E-state index in [1.54, 1.807) is 0 Å². The lowest BCUT2D eigenvalue weighted by Crippen LogP contribution is -2.27. The molecule has 1 aromatic carbocycles. The molecule has 3 rings (SSSR count). The molecule has 0 atom stereocenters. The highest BCUT2D eigenvalue weighted by Crippen LogP contribution is 2.24. The first-order valence-corrected chi connectivity index (χ1v) is 10.9. The summed E-state index contributed by atoms with van der Waals surface area (Å²) in [6, 6.07) is 8.71. The van der Waals surface area contributed by atoms with E-state index in [1.165, 1.54) is 5.56 Å². The van der Waals surface area contributed by atoms with Gasteiger partial charge in [0.1, 0.15) is 5.82 Å². The molecule has 1 aromatic heterocycles. The zero-order valence-electron chi connectivity index (χ0n) is 19.1. The molecule has 0 radical (unpaired) electrons. The molecule has 6 heteroatoms. The van der Waals surface area contributed by atoms with Gasteiger partial charge in [0.15, 0.2) is 5.82 Å². The van der Waals surface area contributed by atoms with Crippen molar-refractivity contribution in [3.05, 3.63) is 35.7 Å². The van der Waals surface area contributed by atoms with Crippen LogP contribution >= 0.6 is 0 Å². The van der Waals surface area contributed by atoms with Crippen molar-refractivity contribution in [1.82, 2.24) is 29.5 Å². The first-order valence-electron chi connectivity index (χ1n) is 10.9. The lowest BCUT2D eigenvalue weighted by Gasteiger charge is -2.21. The molecule has 29 heavy (non-hydrogen) atoms. The average Bonchev–Trinajstić information content (AvgIpc) is 3.00. The summed E-state index contributed by atoms with van der Waals surface area (Å²) in [5, 5.41) is 4.96. The Labute approximate surface area is 176 Å². The molecule has 0 saturated carbocycles. The van der Waals surface area contributed by atoms with E-state index in [2.05, 4.69) is 85.7 Å². The Kier molecular flexibility index (Phi) is 7.44. The second-order valence-corrected chi connectivity index (χ2v) is 9.36. The Hall–Kier alpha value is -1.76. The van der Waals surface area contributed by atoms with Gasteiger partial charge in [0.25, 0.3) is 0 Å². The minimum absolute atomic E-state index is 0.383. The van der Waals surface area contributed by atoms with Gasteiger partial charge in [-0.1, -0.05) is 38.1 Å². The van der Waals surface area contributed by atoms with Crippen LogP contribution in [-0.4, -0.2) is 83.8 Å². The van der Waals surface area contributed by atoms with Crippen LogP contribution in [0, 0.1) is 5.92 Å². The fourth-order valence-corrected chi connectivity index (χ4v) is 3.95. The molecule has 1 aliphatic heterocycles. The maximum absolute atomic E-state index is 5.07. The lowest BCUT2D eigenvalue weighted by atomic mass is 10.1. The van der Waals surface area contributed by atoms with Gasteiger partial charge in [-0.15, -0.1) is 0 Å². The van der Waals surface area contributed by atoms with Crippen LogP contribution in [0.2, 0.25) is 0 Å². The second-order valence-electron chi connectivity index (χ2n) is 9.36. The Morgan fingerprint density at radius 3 is 2.21 bits per heavy atom. The highest BCUT2D eigenvalue weighted by Gasteiger charge is 2.26. The van der Waals surface area contributed by atoms with Gasteiger partial charge >= 0.3 is 0 Å². The molecule has 1 saturated heterocycles. The van der Waals surface area contributed by atoms with E-state index in [4.69, 9.17) is 10.1 Å². The van der Waals surface area contributed by atoms with Crippen LogP contribution in [0.15, 0.2) is 24.3 Å². The molecule has 0 N–H and O–H groups in total. The summed E-state index contributed by atoms with van der Waals surface area (Å²) < 4.78 is 2.18. The summed E-state index contributed by atoms with van der Waals surface area (Å²) in [6.45, 7) is 10.7. The number of likely N-dealkylation sites (N-methyl/N-ethyl adjacent to an activating group) is 2. The number of benzene rings is 1. The molecule has 0 bridgehead atoms. The van der Waals surface area contributed by atoms with Gasteiger partial charge in [-0.3, -0.25) is 0 Å². The van der Waals surface area contributed by atoms with Crippen LogP contribution in [-0.2, 0) is 13.1 Å². The molecule has 0 amide bonds. The van der Waals surface area contributed by atoms with Gasteiger partial charge in [-0.25, -0.2) is 9.67 Å². The van der Waals surface area contributed by atoms with Crippen molar-refractivity contribution in [2.75, 3.05) is 54.4 Å². The van der Waals surface area contributed by atoms with Crippen molar-refractivity contribution >= 4 is 0 Å². The van der Waals surface area contributed by atoms with Crippen molar-refractivity contribution < 1.29 is 0 Å². The van der Waals surface area contributed by atoms with Gasteiger partial charge in [0.2, 0.25) is 0 Å². The average molecular weight is 399 g/mol. The van der Waals surface area contributed by atoms with Gasteiger partial charge in [-0.05, 0) is 46.1 Å². The number of hydrogen-bond donors (Lipinski definition) is 0. The molecule has 0 spiro atoms. The Balaban J connectivity index is 1.89. The second kappa shape index (κ2) is 9.83. The zero-order valence-corrected chi connectivity index (χ0v) is 19.1. The zero-order chi connectivity index (χ0) is 21.0. The van der Waals surface area contributed by atoms with Crippen molar-refractivity contribution in [3.8, 4) is 11.4 Å². The van der Waals surface area contributed by atoms with E-state index in [1.807, 2.05) is 0 Å². The Morgan fingerprint density at radius 1 is 1.03 bits per heavy atom. The summed E-state index contributed by atoms with van der Waals surface area (Å²) >= 11 is 0. The molecular formula is C23H38N6. The monoisotopic (exact) mass is 398 g/mol. The summed E-state index contributed by atoms with van der Waals surface area (Å²) in [7, 11) is 8.62. The molecule has 0 aliphatic carbocycles. The van der Waals surface area contributed by atoms with E-state index in [-0.39, 0.29) is 0 Å².